The first-order valence-electron chi connectivity index (χ1n) is 8.77. The highest BCUT2D eigenvalue weighted by Gasteiger charge is 2.08. The van der Waals surface area contributed by atoms with Crippen molar-refractivity contribution in [3.63, 3.8) is 0 Å². The Hall–Kier alpha value is -2.58. The van der Waals surface area contributed by atoms with Crippen molar-refractivity contribution in [1.29, 1.82) is 0 Å². The summed E-state index contributed by atoms with van der Waals surface area (Å²) in [5.41, 5.74) is 11.9. The maximum Gasteiger partial charge on any atom is 0.124 e. The maximum atomic E-state index is 5.99. The van der Waals surface area contributed by atoms with Crippen LogP contribution in [0, 0.1) is 0 Å². The highest BCUT2D eigenvalue weighted by atomic mass is 16.5. The van der Waals surface area contributed by atoms with Gasteiger partial charge in [0.1, 0.15) is 12.4 Å². The Morgan fingerprint density at radius 2 is 1.60 bits per heavy atom. The van der Waals surface area contributed by atoms with Gasteiger partial charge in [-0.25, -0.2) is 0 Å². The van der Waals surface area contributed by atoms with Gasteiger partial charge in [-0.1, -0.05) is 74.5 Å². The van der Waals surface area contributed by atoms with Gasteiger partial charge in [0.2, 0.25) is 0 Å². The van der Waals surface area contributed by atoms with E-state index in [1.165, 1.54) is 16.7 Å². The Morgan fingerprint density at radius 1 is 0.840 bits per heavy atom. The molecule has 25 heavy (non-hydrogen) atoms. The fourth-order valence-corrected chi connectivity index (χ4v) is 2.87. The van der Waals surface area contributed by atoms with Gasteiger partial charge in [-0.2, -0.15) is 0 Å². The number of benzene rings is 3. The van der Waals surface area contributed by atoms with Crippen LogP contribution < -0.4 is 10.5 Å². The fourth-order valence-electron chi connectivity index (χ4n) is 2.87. The summed E-state index contributed by atoms with van der Waals surface area (Å²) < 4.78 is 5.99. The summed E-state index contributed by atoms with van der Waals surface area (Å²) in [4.78, 5) is 0. The topological polar surface area (TPSA) is 35.2 Å². The van der Waals surface area contributed by atoms with Gasteiger partial charge in [-0.3, -0.25) is 0 Å². The predicted molar refractivity (Wildman–Crippen MR) is 105 cm³/mol. The van der Waals surface area contributed by atoms with Gasteiger partial charge in [0.15, 0.2) is 0 Å². The van der Waals surface area contributed by atoms with Crippen molar-refractivity contribution in [3.05, 3.63) is 89.5 Å². The normalized spacial score (nSPS) is 10.9. The number of ether oxygens (including phenoxy) is 1. The number of rotatable bonds is 6. The average Bonchev–Trinajstić information content (AvgIpc) is 2.67. The largest absolute Gasteiger partial charge is 0.489 e. The van der Waals surface area contributed by atoms with Gasteiger partial charge >= 0.3 is 0 Å². The molecule has 0 saturated heterocycles. The predicted octanol–water partition coefficient (Wildman–Crippen LogP) is 5.51. The lowest BCUT2D eigenvalue weighted by Gasteiger charge is -2.13. The van der Waals surface area contributed by atoms with E-state index in [-0.39, 0.29) is 0 Å². The minimum atomic E-state index is 0.460. The summed E-state index contributed by atoms with van der Waals surface area (Å²) in [6.45, 7) is 5.44. The van der Waals surface area contributed by atoms with E-state index >= 15 is 0 Å². The van der Waals surface area contributed by atoms with Crippen LogP contribution in [-0.4, -0.2) is 0 Å². The third-order valence-corrected chi connectivity index (χ3v) is 4.40. The lowest BCUT2D eigenvalue weighted by molar-refractivity contribution is 0.303. The molecular formula is C23H25NO. The quantitative estimate of drug-likeness (QED) is 0.646. The van der Waals surface area contributed by atoms with Gasteiger partial charge in [-0.15, -0.1) is 0 Å². The van der Waals surface area contributed by atoms with Crippen molar-refractivity contribution in [2.24, 2.45) is 5.73 Å². The zero-order valence-corrected chi connectivity index (χ0v) is 14.9. The van der Waals surface area contributed by atoms with E-state index in [9.17, 15) is 0 Å². The second kappa shape index (κ2) is 8.00. The van der Waals surface area contributed by atoms with E-state index in [4.69, 9.17) is 10.5 Å². The Bertz CT molecular complexity index is 825. The fraction of sp³-hybridized carbons (Fsp3) is 0.217. The maximum absolute atomic E-state index is 5.99. The molecule has 0 saturated carbocycles. The van der Waals surface area contributed by atoms with Gasteiger partial charge < -0.3 is 10.5 Å². The molecule has 3 rings (SSSR count). The molecule has 0 aromatic heterocycles. The molecule has 0 unspecified atom stereocenters. The van der Waals surface area contributed by atoms with Gasteiger partial charge in [0.25, 0.3) is 0 Å². The Labute approximate surface area is 150 Å². The highest BCUT2D eigenvalue weighted by molar-refractivity contribution is 5.66. The van der Waals surface area contributed by atoms with Crippen molar-refractivity contribution in [3.8, 4) is 16.9 Å². The van der Waals surface area contributed by atoms with Crippen LogP contribution in [-0.2, 0) is 13.2 Å². The second-order valence-corrected chi connectivity index (χ2v) is 6.58. The molecule has 2 nitrogen and oxygen atoms in total. The molecular weight excluding hydrogens is 306 g/mol. The highest BCUT2D eigenvalue weighted by Crippen LogP contribution is 2.29. The summed E-state index contributed by atoms with van der Waals surface area (Å²) >= 11 is 0. The summed E-state index contributed by atoms with van der Waals surface area (Å²) in [6, 6.07) is 25.2. The molecule has 3 aromatic rings. The number of hydrogen-bond acceptors (Lipinski definition) is 2. The molecule has 3 aromatic carbocycles. The van der Waals surface area contributed by atoms with Crippen molar-refractivity contribution in [2.45, 2.75) is 32.9 Å². The number of hydrogen-bond donors (Lipinski definition) is 1. The molecule has 0 aliphatic rings. The zero-order chi connectivity index (χ0) is 17.6. The molecule has 0 heterocycles. The molecule has 2 N–H and O–H groups in total. The summed E-state index contributed by atoms with van der Waals surface area (Å²) in [7, 11) is 0. The molecule has 0 amide bonds. The Morgan fingerprint density at radius 3 is 2.32 bits per heavy atom. The van der Waals surface area contributed by atoms with Crippen LogP contribution in [0.25, 0.3) is 11.1 Å². The summed E-state index contributed by atoms with van der Waals surface area (Å²) in [5, 5.41) is 0. The molecule has 0 bridgehead atoms. The molecule has 0 aliphatic carbocycles. The van der Waals surface area contributed by atoms with E-state index in [1.54, 1.807) is 0 Å². The lowest BCUT2D eigenvalue weighted by atomic mass is 9.96. The monoisotopic (exact) mass is 331 g/mol. The molecule has 0 atom stereocenters. The van der Waals surface area contributed by atoms with Crippen LogP contribution in [0.1, 0.15) is 36.5 Å². The van der Waals surface area contributed by atoms with E-state index in [2.05, 4.69) is 62.4 Å². The van der Waals surface area contributed by atoms with E-state index < -0.39 is 0 Å². The van der Waals surface area contributed by atoms with Gasteiger partial charge in [0.05, 0.1) is 0 Å². The van der Waals surface area contributed by atoms with E-state index in [0.717, 1.165) is 16.9 Å². The first-order valence-corrected chi connectivity index (χ1v) is 8.77. The van der Waals surface area contributed by atoms with Crippen LogP contribution in [0.4, 0.5) is 0 Å². The molecule has 0 radical (unpaired) electrons. The minimum Gasteiger partial charge on any atom is -0.489 e. The van der Waals surface area contributed by atoms with Crippen LogP contribution in [0.2, 0.25) is 0 Å². The molecule has 128 valence electrons. The Kier molecular flexibility index (Phi) is 5.52. The van der Waals surface area contributed by atoms with Gasteiger partial charge in [-0.05, 0) is 40.3 Å². The van der Waals surface area contributed by atoms with Crippen LogP contribution in [0.3, 0.4) is 0 Å². The van der Waals surface area contributed by atoms with Gasteiger partial charge in [0, 0.05) is 12.1 Å². The van der Waals surface area contributed by atoms with Crippen molar-refractivity contribution >= 4 is 0 Å². The third-order valence-electron chi connectivity index (χ3n) is 4.40. The molecule has 0 fully saturated rings. The Balaban J connectivity index is 1.83. The van der Waals surface area contributed by atoms with Crippen molar-refractivity contribution in [1.82, 2.24) is 0 Å². The second-order valence-electron chi connectivity index (χ2n) is 6.58. The third kappa shape index (κ3) is 4.28. The molecule has 0 aliphatic heterocycles. The zero-order valence-electron chi connectivity index (χ0n) is 14.9. The van der Waals surface area contributed by atoms with Crippen LogP contribution >= 0.6 is 0 Å². The summed E-state index contributed by atoms with van der Waals surface area (Å²) in [5.74, 6) is 1.37. The van der Waals surface area contributed by atoms with Crippen molar-refractivity contribution in [2.75, 3.05) is 0 Å². The standard InChI is InChI=1S/C23H25NO/c1-17(2)19-9-6-10-20(13-19)21-11-12-23(22(14-21)15-24)25-16-18-7-4-3-5-8-18/h3-14,17H,15-16,24H2,1-2H3. The number of nitrogens with two attached hydrogens (primary N) is 1. The first kappa shape index (κ1) is 17.2. The average molecular weight is 331 g/mol. The lowest BCUT2D eigenvalue weighted by Crippen LogP contribution is -2.03. The SMILES string of the molecule is CC(C)c1cccc(-c2ccc(OCc3ccccc3)c(CN)c2)c1. The molecule has 0 spiro atoms. The van der Waals surface area contributed by atoms with Crippen molar-refractivity contribution < 1.29 is 4.74 Å². The first-order chi connectivity index (χ1) is 12.2. The van der Waals surface area contributed by atoms with E-state index in [0.29, 0.717) is 19.1 Å². The van der Waals surface area contributed by atoms with E-state index in [1.807, 2.05) is 24.3 Å². The smallest absolute Gasteiger partial charge is 0.124 e. The van der Waals surface area contributed by atoms with Crippen LogP contribution in [0.5, 0.6) is 5.75 Å². The summed E-state index contributed by atoms with van der Waals surface area (Å²) in [6.07, 6.45) is 0. The van der Waals surface area contributed by atoms with Crippen LogP contribution in [0.15, 0.2) is 72.8 Å². The molecule has 2 heteroatoms. The minimum absolute atomic E-state index is 0.460.